The summed E-state index contributed by atoms with van der Waals surface area (Å²) in [6, 6.07) is 5.89. The van der Waals surface area contributed by atoms with Gasteiger partial charge < -0.3 is 10.6 Å². The molecular weight excluding hydrogens is 321 g/mol. The largest absolute Gasteiger partial charge is 0.416 e. The third-order valence-corrected chi connectivity index (χ3v) is 3.18. The van der Waals surface area contributed by atoms with Gasteiger partial charge in [-0.25, -0.2) is 9.97 Å². The highest BCUT2D eigenvalue weighted by Crippen LogP contribution is 2.30. The van der Waals surface area contributed by atoms with Crippen molar-refractivity contribution in [2.24, 2.45) is 0 Å². The van der Waals surface area contributed by atoms with Crippen LogP contribution in [0.15, 0.2) is 36.7 Å². The zero-order chi connectivity index (χ0) is 17.6. The number of benzene rings is 1. The predicted molar refractivity (Wildman–Crippen MR) is 84.8 cm³/mol. The van der Waals surface area contributed by atoms with Crippen LogP contribution in [0.25, 0.3) is 0 Å². The van der Waals surface area contributed by atoms with Crippen LogP contribution in [0, 0.1) is 0 Å². The fourth-order valence-electron chi connectivity index (χ4n) is 1.94. The molecular formula is C16H17F3N4O. The Bertz CT molecular complexity index is 704. The normalized spacial score (nSPS) is 11.2. The summed E-state index contributed by atoms with van der Waals surface area (Å²) in [5.74, 6) is -0.108. The predicted octanol–water partition coefficient (Wildman–Crippen LogP) is 3.96. The molecule has 0 unspecified atom stereocenters. The highest BCUT2D eigenvalue weighted by atomic mass is 19.4. The molecule has 1 aromatic heterocycles. The molecule has 128 valence electrons. The maximum absolute atomic E-state index is 12.7. The molecule has 2 aromatic rings. The van der Waals surface area contributed by atoms with E-state index < -0.39 is 17.6 Å². The zero-order valence-corrected chi connectivity index (χ0v) is 13.0. The van der Waals surface area contributed by atoms with Crippen molar-refractivity contribution in [1.29, 1.82) is 0 Å². The number of amides is 1. The maximum Gasteiger partial charge on any atom is 0.416 e. The summed E-state index contributed by atoms with van der Waals surface area (Å²) in [7, 11) is 0. The minimum atomic E-state index is -4.47. The molecule has 1 heterocycles. The lowest BCUT2D eigenvalue weighted by molar-refractivity contribution is -0.137. The lowest BCUT2D eigenvalue weighted by atomic mass is 10.2. The van der Waals surface area contributed by atoms with Crippen LogP contribution in [-0.4, -0.2) is 22.4 Å². The van der Waals surface area contributed by atoms with Crippen molar-refractivity contribution in [3.8, 4) is 0 Å². The fourth-order valence-corrected chi connectivity index (χ4v) is 1.94. The molecule has 0 bridgehead atoms. The van der Waals surface area contributed by atoms with Crippen LogP contribution in [0.2, 0.25) is 0 Å². The minimum absolute atomic E-state index is 0.0499. The van der Waals surface area contributed by atoms with Crippen molar-refractivity contribution >= 4 is 17.4 Å². The van der Waals surface area contributed by atoms with Crippen LogP contribution in [0.1, 0.15) is 35.8 Å². The first-order valence-electron chi connectivity index (χ1n) is 7.44. The molecule has 0 radical (unpaired) electrons. The molecule has 0 aliphatic heterocycles. The van der Waals surface area contributed by atoms with Crippen molar-refractivity contribution in [2.75, 3.05) is 17.2 Å². The number of hydrogen-bond donors (Lipinski definition) is 2. The van der Waals surface area contributed by atoms with Crippen molar-refractivity contribution in [3.63, 3.8) is 0 Å². The van der Waals surface area contributed by atoms with E-state index in [9.17, 15) is 18.0 Å². The van der Waals surface area contributed by atoms with E-state index in [0.29, 0.717) is 12.4 Å². The Balaban J connectivity index is 2.08. The second kappa shape index (κ2) is 7.76. The van der Waals surface area contributed by atoms with Gasteiger partial charge in [-0.3, -0.25) is 4.79 Å². The zero-order valence-electron chi connectivity index (χ0n) is 13.0. The molecule has 8 heteroatoms. The molecule has 2 N–H and O–H groups in total. The summed E-state index contributed by atoms with van der Waals surface area (Å²) >= 11 is 0. The van der Waals surface area contributed by atoms with Gasteiger partial charge in [-0.05, 0) is 24.6 Å². The number of unbranched alkanes of at least 4 members (excludes halogenated alkanes) is 1. The van der Waals surface area contributed by atoms with Crippen molar-refractivity contribution in [1.82, 2.24) is 9.97 Å². The van der Waals surface area contributed by atoms with E-state index in [1.807, 2.05) is 0 Å². The average molecular weight is 338 g/mol. The second-order valence-electron chi connectivity index (χ2n) is 5.10. The van der Waals surface area contributed by atoms with E-state index in [2.05, 4.69) is 27.5 Å². The van der Waals surface area contributed by atoms with Gasteiger partial charge >= 0.3 is 6.18 Å². The van der Waals surface area contributed by atoms with Crippen molar-refractivity contribution < 1.29 is 18.0 Å². The summed E-state index contributed by atoms with van der Waals surface area (Å²) < 4.78 is 38.1. The molecule has 0 fully saturated rings. The molecule has 5 nitrogen and oxygen atoms in total. The molecule has 2 rings (SSSR count). The number of nitrogens with zero attached hydrogens (tertiary/aromatic N) is 2. The quantitative estimate of drug-likeness (QED) is 0.783. The molecule has 0 aliphatic carbocycles. The van der Waals surface area contributed by atoms with Crippen LogP contribution in [0.4, 0.5) is 24.7 Å². The highest BCUT2D eigenvalue weighted by molar-refractivity contribution is 6.03. The van der Waals surface area contributed by atoms with E-state index in [4.69, 9.17) is 0 Å². The van der Waals surface area contributed by atoms with Gasteiger partial charge in [-0.15, -0.1) is 0 Å². The number of anilines is 2. The Morgan fingerprint density at radius 3 is 2.71 bits per heavy atom. The summed E-state index contributed by atoms with van der Waals surface area (Å²) in [4.78, 5) is 20.0. The third-order valence-electron chi connectivity index (χ3n) is 3.18. The summed E-state index contributed by atoms with van der Waals surface area (Å²) in [6.07, 6.45) is -1.27. The molecule has 0 saturated carbocycles. The molecule has 1 amide bonds. The number of carbonyl (C=O) groups is 1. The number of rotatable bonds is 6. The van der Waals surface area contributed by atoms with Gasteiger partial charge in [0.1, 0.15) is 17.8 Å². The standard InChI is InChI=1S/C16H17F3N4O/c1-2-3-7-20-14-9-13(21-10-22-14)15(24)23-12-6-4-5-11(8-12)16(17,18)19/h4-6,8-10H,2-3,7H2,1H3,(H,23,24)(H,20,21,22). The number of nitrogens with one attached hydrogen (secondary N) is 2. The summed E-state index contributed by atoms with van der Waals surface area (Å²) in [5, 5.41) is 5.46. The first-order valence-corrected chi connectivity index (χ1v) is 7.44. The highest BCUT2D eigenvalue weighted by Gasteiger charge is 2.30. The fraction of sp³-hybridized carbons (Fsp3) is 0.312. The Morgan fingerprint density at radius 1 is 1.21 bits per heavy atom. The number of alkyl halides is 3. The number of carbonyl (C=O) groups excluding carboxylic acids is 1. The average Bonchev–Trinajstić information content (AvgIpc) is 2.55. The van der Waals surface area contributed by atoms with Gasteiger partial charge in [-0.1, -0.05) is 19.4 Å². The second-order valence-corrected chi connectivity index (χ2v) is 5.10. The van der Waals surface area contributed by atoms with Gasteiger partial charge in [0.05, 0.1) is 5.56 Å². The summed E-state index contributed by atoms with van der Waals surface area (Å²) in [6.45, 7) is 2.76. The Morgan fingerprint density at radius 2 is 2.00 bits per heavy atom. The van der Waals surface area contributed by atoms with Gasteiger partial charge in [0, 0.05) is 18.3 Å². The molecule has 0 saturated heterocycles. The topological polar surface area (TPSA) is 66.9 Å². The lowest BCUT2D eigenvalue weighted by Crippen LogP contribution is -2.15. The monoisotopic (exact) mass is 338 g/mol. The van der Waals surface area contributed by atoms with Crippen molar-refractivity contribution in [3.05, 3.63) is 47.9 Å². The van der Waals surface area contributed by atoms with Gasteiger partial charge in [-0.2, -0.15) is 13.2 Å². The van der Waals surface area contributed by atoms with E-state index in [1.165, 1.54) is 24.5 Å². The maximum atomic E-state index is 12.7. The van der Waals surface area contributed by atoms with Crippen LogP contribution in [-0.2, 0) is 6.18 Å². The third kappa shape index (κ3) is 4.94. The van der Waals surface area contributed by atoms with E-state index in [1.54, 1.807) is 0 Å². The SMILES string of the molecule is CCCCNc1cc(C(=O)Nc2cccc(C(F)(F)F)c2)ncn1. The van der Waals surface area contributed by atoms with E-state index in [-0.39, 0.29) is 11.4 Å². The van der Waals surface area contributed by atoms with E-state index >= 15 is 0 Å². The molecule has 1 aromatic carbocycles. The minimum Gasteiger partial charge on any atom is -0.370 e. The number of aromatic nitrogens is 2. The van der Waals surface area contributed by atoms with Gasteiger partial charge in [0.25, 0.3) is 5.91 Å². The van der Waals surface area contributed by atoms with Crippen LogP contribution in [0.3, 0.4) is 0 Å². The number of hydrogen-bond acceptors (Lipinski definition) is 4. The smallest absolute Gasteiger partial charge is 0.370 e. The Hall–Kier alpha value is -2.64. The van der Waals surface area contributed by atoms with Gasteiger partial charge in [0.15, 0.2) is 0 Å². The molecule has 24 heavy (non-hydrogen) atoms. The molecule has 0 spiro atoms. The summed E-state index contributed by atoms with van der Waals surface area (Å²) in [5.41, 5.74) is -0.708. The Labute approximate surface area is 137 Å². The van der Waals surface area contributed by atoms with E-state index in [0.717, 1.165) is 25.0 Å². The van der Waals surface area contributed by atoms with Crippen LogP contribution >= 0.6 is 0 Å². The first kappa shape index (κ1) is 17.7. The Kier molecular flexibility index (Phi) is 5.73. The first-order chi connectivity index (χ1) is 11.4. The lowest BCUT2D eigenvalue weighted by Gasteiger charge is -2.10. The van der Waals surface area contributed by atoms with Gasteiger partial charge in [0.2, 0.25) is 0 Å². The van der Waals surface area contributed by atoms with Crippen LogP contribution in [0.5, 0.6) is 0 Å². The van der Waals surface area contributed by atoms with Crippen LogP contribution < -0.4 is 10.6 Å². The molecule has 0 atom stereocenters. The van der Waals surface area contributed by atoms with Crippen molar-refractivity contribution in [2.45, 2.75) is 25.9 Å². The number of halogens is 3. The molecule has 0 aliphatic rings.